The summed E-state index contributed by atoms with van der Waals surface area (Å²) in [5.41, 5.74) is 6.40. The molecule has 0 aromatic rings. The van der Waals surface area contributed by atoms with Crippen LogP contribution in [0, 0.1) is 22.7 Å². The highest BCUT2D eigenvalue weighted by molar-refractivity contribution is 5.82. The van der Waals surface area contributed by atoms with Crippen molar-refractivity contribution in [1.29, 1.82) is 0 Å². The molecule has 0 radical (unpaired) electrons. The first-order valence-corrected chi connectivity index (χ1v) is 6.92. The van der Waals surface area contributed by atoms with Gasteiger partial charge in [0.05, 0.1) is 5.92 Å². The van der Waals surface area contributed by atoms with Crippen LogP contribution in [0.5, 0.6) is 0 Å². The molecular formula is C14H24N2O. The monoisotopic (exact) mass is 236 g/mol. The van der Waals surface area contributed by atoms with Gasteiger partial charge in [-0.05, 0) is 42.4 Å². The lowest BCUT2D eigenvalue weighted by Crippen LogP contribution is -2.47. The Kier molecular flexibility index (Phi) is 2.20. The first-order valence-electron chi connectivity index (χ1n) is 6.92. The van der Waals surface area contributed by atoms with E-state index in [9.17, 15) is 4.79 Å². The van der Waals surface area contributed by atoms with Crippen LogP contribution >= 0.6 is 0 Å². The number of carbonyl (C=O) groups excluding carboxylic acids is 1. The van der Waals surface area contributed by atoms with Gasteiger partial charge in [0.1, 0.15) is 0 Å². The Morgan fingerprint density at radius 2 is 1.94 bits per heavy atom. The Morgan fingerprint density at radius 1 is 1.29 bits per heavy atom. The summed E-state index contributed by atoms with van der Waals surface area (Å²) in [6, 6.07) is 0.492. The van der Waals surface area contributed by atoms with Crippen LogP contribution in [0.2, 0.25) is 0 Å². The van der Waals surface area contributed by atoms with Gasteiger partial charge in [-0.1, -0.05) is 20.8 Å². The fourth-order valence-electron chi connectivity index (χ4n) is 4.22. The zero-order valence-electron chi connectivity index (χ0n) is 11.1. The van der Waals surface area contributed by atoms with E-state index >= 15 is 0 Å². The maximum atomic E-state index is 12.0. The molecule has 0 spiro atoms. The Hall–Kier alpha value is -0.570. The van der Waals surface area contributed by atoms with E-state index in [1.165, 1.54) is 12.8 Å². The fraction of sp³-hybridized carbons (Fsp3) is 0.929. The molecule has 2 bridgehead atoms. The standard InChI is InChI=1S/C14H24N2O/c1-13(2)8-4-5-14(13,3)11(6-8)16-12(17)9-7-10(9)15/h8-11H,4-7,15H2,1-3H3,(H,16,17). The molecule has 1 amide bonds. The molecule has 3 rings (SSSR count). The summed E-state index contributed by atoms with van der Waals surface area (Å²) < 4.78 is 0. The molecule has 5 atom stereocenters. The molecule has 0 aliphatic heterocycles. The molecule has 96 valence electrons. The summed E-state index contributed by atoms with van der Waals surface area (Å²) >= 11 is 0. The smallest absolute Gasteiger partial charge is 0.224 e. The van der Waals surface area contributed by atoms with E-state index in [0.29, 0.717) is 11.5 Å². The third-order valence-corrected chi connectivity index (χ3v) is 6.29. The van der Waals surface area contributed by atoms with Crippen molar-refractivity contribution >= 4 is 5.91 Å². The Balaban J connectivity index is 1.72. The molecule has 3 nitrogen and oxygen atoms in total. The number of hydrogen-bond acceptors (Lipinski definition) is 2. The van der Waals surface area contributed by atoms with Gasteiger partial charge in [-0.2, -0.15) is 0 Å². The van der Waals surface area contributed by atoms with Crippen molar-refractivity contribution in [2.45, 2.75) is 58.5 Å². The predicted molar refractivity (Wildman–Crippen MR) is 67.2 cm³/mol. The molecule has 3 aliphatic rings. The average Bonchev–Trinajstić information content (AvgIpc) is 2.89. The first kappa shape index (κ1) is 11.5. The van der Waals surface area contributed by atoms with E-state index in [0.717, 1.165) is 18.8 Å². The Bertz CT molecular complexity index is 365. The lowest BCUT2D eigenvalue weighted by molar-refractivity contribution is -0.124. The van der Waals surface area contributed by atoms with Crippen molar-refractivity contribution in [3.8, 4) is 0 Å². The number of nitrogens with two attached hydrogens (primary N) is 1. The van der Waals surface area contributed by atoms with Crippen molar-refractivity contribution in [2.24, 2.45) is 28.4 Å². The normalized spacial score (nSPS) is 50.4. The summed E-state index contributed by atoms with van der Waals surface area (Å²) in [6.45, 7) is 7.11. The minimum absolute atomic E-state index is 0.0980. The van der Waals surface area contributed by atoms with Crippen molar-refractivity contribution in [2.75, 3.05) is 0 Å². The largest absolute Gasteiger partial charge is 0.353 e. The van der Waals surface area contributed by atoms with E-state index in [2.05, 4.69) is 26.1 Å². The highest BCUT2D eigenvalue weighted by Gasteiger charge is 2.62. The highest BCUT2D eigenvalue weighted by atomic mass is 16.2. The van der Waals surface area contributed by atoms with Gasteiger partial charge in [0.15, 0.2) is 0 Å². The van der Waals surface area contributed by atoms with Gasteiger partial charge in [-0.25, -0.2) is 0 Å². The third-order valence-electron chi connectivity index (χ3n) is 6.29. The van der Waals surface area contributed by atoms with E-state index in [1.54, 1.807) is 0 Å². The van der Waals surface area contributed by atoms with Gasteiger partial charge < -0.3 is 11.1 Å². The van der Waals surface area contributed by atoms with Crippen molar-refractivity contribution in [3.05, 3.63) is 0 Å². The van der Waals surface area contributed by atoms with Crippen LogP contribution in [-0.2, 0) is 4.79 Å². The predicted octanol–water partition coefficient (Wildman–Crippen LogP) is 1.66. The molecular weight excluding hydrogens is 212 g/mol. The number of rotatable bonds is 2. The maximum absolute atomic E-state index is 12.0. The topological polar surface area (TPSA) is 55.1 Å². The Morgan fingerprint density at radius 3 is 2.35 bits per heavy atom. The average molecular weight is 236 g/mol. The first-order chi connectivity index (χ1) is 7.86. The van der Waals surface area contributed by atoms with Gasteiger partial charge >= 0.3 is 0 Å². The summed E-state index contributed by atoms with van der Waals surface area (Å²) in [5, 5.41) is 3.28. The van der Waals surface area contributed by atoms with E-state index in [-0.39, 0.29) is 23.3 Å². The van der Waals surface area contributed by atoms with Gasteiger partial charge in [0.2, 0.25) is 5.91 Å². The second kappa shape index (κ2) is 3.25. The number of carbonyl (C=O) groups is 1. The SMILES string of the molecule is CC1(C)C2CCC1(C)C(NC(=O)C1CC1N)C2. The summed E-state index contributed by atoms with van der Waals surface area (Å²) in [6.07, 6.45) is 4.63. The zero-order valence-corrected chi connectivity index (χ0v) is 11.1. The van der Waals surface area contributed by atoms with Crippen LogP contribution in [0.25, 0.3) is 0 Å². The molecule has 17 heavy (non-hydrogen) atoms. The quantitative estimate of drug-likeness (QED) is 0.766. The van der Waals surface area contributed by atoms with Gasteiger partial charge in [-0.3, -0.25) is 4.79 Å². The second-order valence-corrected chi connectivity index (χ2v) is 7.18. The van der Waals surface area contributed by atoms with Gasteiger partial charge in [0, 0.05) is 12.1 Å². The number of fused-ring (bicyclic) bond motifs is 2. The molecule has 3 fully saturated rings. The van der Waals surface area contributed by atoms with Gasteiger partial charge in [-0.15, -0.1) is 0 Å². The summed E-state index contributed by atoms with van der Waals surface area (Å²) in [5.74, 6) is 1.08. The molecule has 0 aromatic carbocycles. The maximum Gasteiger partial charge on any atom is 0.224 e. The molecule has 0 heterocycles. The molecule has 0 saturated heterocycles. The number of hydrogen-bond donors (Lipinski definition) is 2. The van der Waals surface area contributed by atoms with Crippen LogP contribution in [-0.4, -0.2) is 18.0 Å². The van der Waals surface area contributed by atoms with Crippen LogP contribution in [0.3, 0.4) is 0 Å². The molecule has 3 saturated carbocycles. The van der Waals surface area contributed by atoms with Crippen LogP contribution in [0.15, 0.2) is 0 Å². The fourth-order valence-corrected chi connectivity index (χ4v) is 4.22. The second-order valence-electron chi connectivity index (χ2n) is 7.18. The van der Waals surface area contributed by atoms with Gasteiger partial charge in [0.25, 0.3) is 0 Å². The highest BCUT2D eigenvalue weighted by Crippen LogP contribution is 2.65. The molecule has 5 unspecified atom stereocenters. The molecule has 3 heteroatoms. The van der Waals surface area contributed by atoms with Crippen molar-refractivity contribution < 1.29 is 4.79 Å². The lowest BCUT2D eigenvalue weighted by atomic mass is 9.69. The molecule has 3 aliphatic carbocycles. The summed E-state index contributed by atoms with van der Waals surface area (Å²) in [4.78, 5) is 12.0. The van der Waals surface area contributed by atoms with Crippen molar-refractivity contribution in [1.82, 2.24) is 5.32 Å². The minimum Gasteiger partial charge on any atom is -0.353 e. The van der Waals surface area contributed by atoms with Crippen LogP contribution < -0.4 is 11.1 Å². The van der Waals surface area contributed by atoms with Crippen LogP contribution in [0.4, 0.5) is 0 Å². The van der Waals surface area contributed by atoms with Crippen LogP contribution in [0.1, 0.15) is 46.5 Å². The molecule has 0 aromatic heterocycles. The van der Waals surface area contributed by atoms with E-state index in [4.69, 9.17) is 5.73 Å². The number of amides is 1. The zero-order chi connectivity index (χ0) is 12.4. The van der Waals surface area contributed by atoms with Crippen molar-refractivity contribution in [3.63, 3.8) is 0 Å². The minimum atomic E-state index is 0.0980. The van der Waals surface area contributed by atoms with E-state index < -0.39 is 0 Å². The third kappa shape index (κ3) is 1.41. The lowest BCUT2D eigenvalue weighted by Gasteiger charge is -2.39. The Labute approximate surface area is 104 Å². The summed E-state index contributed by atoms with van der Waals surface area (Å²) in [7, 11) is 0. The molecule has 3 N–H and O–H groups in total. The van der Waals surface area contributed by atoms with E-state index in [1.807, 2.05) is 0 Å². The number of nitrogens with one attached hydrogen (secondary N) is 1.